The molecule has 2 heterocycles. The number of amides is 2. The van der Waals surface area contributed by atoms with Gasteiger partial charge in [-0.1, -0.05) is 24.3 Å². The van der Waals surface area contributed by atoms with E-state index in [4.69, 9.17) is 4.74 Å². The van der Waals surface area contributed by atoms with Gasteiger partial charge < -0.3 is 15.2 Å². The Kier molecular flexibility index (Phi) is 6.42. The van der Waals surface area contributed by atoms with E-state index < -0.39 is 35.7 Å². The summed E-state index contributed by atoms with van der Waals surface area (Å²) < 4.78 is 5.25. The molecule has 0 bridgehead atoms. The highest BCUT2D eigenvalue weighted by Crippen LogP contribution is 2.39. The van der Waals surface area contributed by atoms with Crippen molar-refractivity contribution in [3.63, 3.8) is 0 Å². The van der Waals surface area contributed by atoms with Crippen molar-refractivity contribution >= 4 is 29.7 Å². The normalized spacial score (nSPS) is 25.0. The van der Waals surface area contributed by atoms with Crippen LogP contribution in [0.25, 0.3) is 0 Å². The number of rotatable bonds is 6. The van der Waals surface area contributed by atoms with E-state index in [0.717, 1.165) is 4.90 Å². The van der Waals surface area contributed by atoms with Crippen LogP contribution in [-0.2, 0) is 14.3 Å². The van der Waals surface area contributed by atoms with Crippen molar-refractivity contribution in [1.82, 2.24) is 15.3 Å². The molecule has 2 amide bonds. The van der Waals surface area contributed by atoms with Gasteiger partial charge in [-0.05, 0) is 32.9 Å². The lowest BCUT2D eigenvalue weighted by Gasteiger charge is -2.30. The molecule has 0 aliphatic carbocycles. The van der Waals surface area contributed by atoms with Gasteiger partial charge in [-0.25, -0.2) is 9.80 Å². The predicted octanol–water partition coefficient (Wildman–Crippen LogP) is 2.37. The van der Waals surface area contributed by atoms with Crippen molar-refractivity contribution in [2.75, 3.05) is 13.1 Å². The Hall–Kier alpha value is -2.52. The SMILES string of the molecule is C=CC(C(=O)O)C1C(Sc2ccccc2)CN2CC(NC(=O)OC(C)(C)C)C(=O)N12. The summed E-state index contributed by atoms with van der Waals surface area (Å²) in [6.45, 7) is 9.66. The fourth-order valence-electron chi connectivity index (χ4n) is 3.75. The topological polar surface area (TPSA) is 99.2 Å². The molecule has 3 rings (SSSR count). The summed E-state index contributed by atoms with van der Waals surface area (Å²) in [4.78, 5) is 38.1. The third kappa shape index (κ3) is 4.79. The van der Waals surface area contributed by atoms with Crippen LogP contribution in [0.15, 0.2) is 47.9 Å². The monoisotopic (exact) mass is 433 g/mol. The number of ether oxygens (including phenoxy) is 1. The van der Waals surface area contributed by atoms with Gasteiger partial charge in [-0.15, -0.1) is 18.3 Å². The number of nitrogens with one attached hydrogen (secondary N) is 1. The van der Waals surface area contributed by atoms with Gasteiger partial charge in [-0.2, -0.15) is 0 Å². The predicted molar refractivity (Wildman–Crippen MR) is 113 cm³/mol. The van der Waals surface area contributed by atoms with Crippen molar-refractivity contribution in [1.29, 1.82) is 0 Å². The van der Waals surface area contributed by atoms with Gasteiger partial charge in [0.05, 0.1) is 12.0 Å². The second kappa shape index (κ2) is 8.69. The van der Waals surface area contributed by atoms with E-state index in [9.17, 15) is 19.5 Å². The first kappa shape index (κ1) is 22.2. The van der Waals surface area contributed by atoms with Crippen LogP contribution in [0.5, 0.6) is 0 Å². The number of hydrogen-bond acceptors (Lipinski definition) is 6. The van der Waals surface area contributed by atoms with Crippen molar-refractivity contribution < 1.29 is 24.2 Å². The molecule has 2 fully saturated rings. The van der Waals surface area contributed by atoms with Crippen LogP contribution < -0.4 is 5.32 Å². The molecule has 0 radical (unpaired) electrons. The number of fused-ring (bicyclic) bond motifs is 1. The first-order chi connectivity index (χ1) is 14.1. The number of nitrogens with zero attached hydrogens (tertiary/aromatic N) is 2. The summed E-state index contributed by atoms with van der Waals surface area (Å²) in [5.74, 6) is -2.30. The number of benzene rings is 1. The number of hydrogen-bond donors (Lipinski definition) is 2. The molecule has 4 atom stereocenters. The molecule has 2 saturated heterocycles. The first-order valence-corrected chi connectivity index (χ1v) is 10.6. The Balaban J connectivity index is 1.80. The lowest BCUT2D eigenvalue weighted by molar-refractivity contribution is -0.147. The fourth-order valence-corrected chi connectivity index (χ4v) is 5.09. The molecule has 0 aromatic heterocycles. The van der Waals surface area contributed by atoms with Crippen LogP contribution in [0.4, 0.5) is 4.79 Å². The number of carbonyl (C=O) groups excluding carboxylic acids is 2. The number of carboxylic acid groups (broad SMARTS) is 1. The van der Waals surface area contributed by atoms with Crippen LogP contribution in [0, 0.1) is 5.92 Å². The zero-order valence-corrected chi connectivity index (χ0v) is 18.1. The maximum atomic E-state index is 13.1. The number of carboxylic acids is 1. The molecule has 4 unspecified atom stereocenters. The summed E-state index contributed by atoms with van der Waals surface area (Å²) in [6, 6.07) is 8.27. The molecule has 0 spiro atoms. The Bertz CT molecular complexity index is 826. The number of aliphatic carboxylic acids is 1. The second-order valence-electron chi connectivity index (χ2n) is 8.31. The van der Waals surface area contributed by atoms with Gasteiger partial charge >= 0.3 is 12.1 Å². The van der Waals surface area contributed by atoms with Gasteiger partial charge in [0.1, 0.15) is 11.6 Å². The maximum absolute atomic E-state index is 13.1. The quantitative estimate of drug-likeness (QED) is 0.665. The fraction of sp³-hybridized carbons (Fsp3) is 0.476. The smallest absolute Gasteiger partial charge is 0.408 e. The Labute approximate surface area is 180 Å². The molecule has 0 saturated carbocycles. The highest BCUT2D eigenvalue weighted by molar-refractivity contribution is 8.00. The van der Waals surface area contributed by atoms with Gasteiger partial charge in [-0.3, -0.25) is 14.6 Å². The molecule has 2 aliphatic rings. The number of carbonyl (C=O) groups is 3. The summed E-state index contributed by atoms with van der Waals surface area (Å²) in [7, 11) is 0. The zero-order valence-electron chi connectivity index (χ0n) is 17.3. The van der Waals surface area contributed by atoms with Gasteiger partial charge in [0.15, 0.2) is 0 Å². The third-order valence-electron chi connectivity index (χ3n) is 4.90. The average Bonchev–Trinajstić information content (AvgIpc) is 3.12. The highest BCUT2D eigenvalue weighted by atomic mass is 32.2. The van der Waals surface area contributed by atoms with Crippen LogP contribution in [0.1, 0.15) is 20.8 Å². The van der Waals surface area contributed by atoms with Crippen LogP contribution in [0.3, 0.4) is 0 Å². The average molecular weight is 434 g/mol. The molecule has 162 valence electrons. The number of alkyl carbamates (subject to hydrolysis) is 1. The first-order valence-electron chi connectivity index (χ1n) is 9.75. The van der Waals surface area contributed by atoms with Crippen LogP contribution in [-0.4, -0.2) is 69.1 Å². The second-order valence-corrected chi connectivity index (χ2v) is 9.63. The molecule has 8 nitrogen and oxygen atoms in total. The molecule has 2 N–H and O–H groups in total. The number of thioether (sulfide) groups is 1. The molecule has 9 heteroatoms. The van der Waals surface area contributed by atoms with Crippen molar-refractivity contribution in [3.05, 3.63) is 43.0 Å². The minimum absolute atomic E-state index is 0.155. The molecule has 1 aromatic rings. The van der Waals surface area contributed by atoms with E-state index >= 15 is 0 Å². The summed E-state index contributed by atoms with van der Waals surface area (Å²) in [5.41, 5.74) is -0.681. The van der Waals surface area contributed by atoms with E-state index in [1.165, 1.54) is 11.1 Å². The van der Waals surface area contributed by atoms with Crippen molar-refractivity contribution in [2.45, 2.75) is 48.6 Å². The van der Waals surface area contributed by atoms with E-state index in [-0.39, 0.29) is 17.7 Å². The Morgan fingerprint density at radius 3 is 2.53 bits per heavy atom. The molecule has 2 aliphatic heterocycles. The van der Waals surface area contributed by atoms with E-state index in [0.29, 0.717) is 6.54 Å². The molecule has 1 aromatic carbocycles. The Morgan fingerprint density at radius 2 is 1.97 bits per heavy atom. The van der Waals surface area contributed by atoms with E-state index in [1.54, 1.807) is 32.5 Å². The van der Waals surface area contributed by atoms with Crippen molar-refractivity contribution in [3.8, 4) is 0 Å². The standard InChI is InChI=1S/C21H27N3O5S/c1-5-14(19(26)27)17-16(30-13-9-7-6-8-10-13)12-23-11-15(18(25)24(17)23)22-20(28)29-21(2,3)4/h5-10,14-17H,1,11-12H2,2-4H3,(H,22,28)(H,26,27). The lowest BCUT2D eigenvalue weighted by Crippen LogP contribution is -2.50. The van der Waals surface area contributed by atoms with E-state index in [1.807, 2.05) is 35.3 Å². The number of hydrazine groups is 1. The Morgan fingerprint density at radius 1 is 1.30 bits per heavy atom. The highest BCUT2D eigenvalue weighted by Gasteiger charge is 2.54. The van der Waals surface area contributed by atoms with Crippen LogP contribution in [0.2, 0.25) is 0 Å². The van der Waals surface area contributed by atoms with E-state index in [2.05, 4.69) is 11.9 Å². The van der Waals surface area contributed by atoms with Gasteiger partial charge in [0.25, 0.3) is 5.91 Å². The third-order valence-corrected chi connectivity index (χ3v) is 6.18. The van der Waals surface area contributed by atoms with Crippen molar-refractivity contribution in [2.24, 2.45) is 5.92 Å². The summed E-state index contributed by atoms with van der Waals surface area (Å²) >= 11 is 1.54. The minimum Gasteiger partial charge on any atom is -0.481 e. The zero-order chi connectivity index (χ0) is 22.1. The van der Waals surface area contributed by atoms with Gasteiger partial charge in [0, 0.05) is 23.2 Å². The molecular formula is C21H27N3O5S. The minimum atomic E-state index is -1.04. The van der Waals surface area contributed by atoms with Crippen LogP contribution >= 0.6 is 11.8 Å². The molecular weight excluding hydrogens is 406 g/mol. The maximum Gasteiger partial charge on any atom is 0.408 e. The molecule has 30 heavy (non-hydrogen) atoms. The largest absolute Gasteiger partial charge is 0.481 e. The summed E-state index contributed by atoms with van der Waals surface area (Å²) in [5, 5.41) is 15.5. The summed E-state index contributed by atoms with van der Waals surface area (Å²) in [6.07, 6.45) is 0.699. The lowest BCUT2D eigenvalue weighted by atomic mass is 9.96. The van der Waals surface area contributed by atoms with Gasteiger partial charge in [0.2, 0.25) is 0 Å².